The minimum Gasteiger partial charge on any atom is -0.378 e. The van der Waals surface area contributed by atoms with Gasteiger partial charge in [-0.15, -0.1) is 0 Å². The Kier molecular flexibility index (Phi) is 5.51. The van der Waals surface area contributed by atoms with Crippen LogP contribution in [0.3, 0.4) is 0 Å². The van der Waals surface area contributed by atoms with E-state index in [0.29, 0.717) is 12.1 Å². The quantitative estimate of drug-likeness (QED) is 0.612. The van der Waals surface area contributed by atoms with E-state index < -0.39 is 36.4 Å². The highest BCUT2D eigenvalue weighted by atomic mass is 32.2. The number of rotatable bonds is 6. The Balaban J connectivity index is 3.26. The number of anilines is 1. The average Bonchev–Trinajstić information content (AvgIpc) is 2.43. The molecule has 0 unspecified atom stereocenters. The predicted octanol–water partition coefficient (Wildman–Crippen LogP) is 2.64. The molecular formula is C13H18F3N3O4S. The van der Waals surface area contributed by atoms with Crippen LogP contribution in [-0.2, 0) is 9.84 Å². The Hall–Kier alpha value is -1.88. The van der Waals surface area contributed by atoms with Gasteiger partial charge in [-0.1, -0.05) is 0 Å². The number of hydrogen-bond acceptors (Lipinski definition) is 6. The molecule has 0 aromatic heterocycles. The van der Waals surface area contributed by atoms with E-state index in [1.165, 1.54) is 0 Å². The number of halogens is 3. The van der Waals surface area contributed by atoms with Gasteiger partial charge in [-0.3, -0.25) is 10.1 Å². The summed E-state index contributed by atoms with van der Waals surface area (Å²) in [7, 11) is -2.05. The summed E-state index contributed by atoms with van der Waals surface area (Å²) in [6.07, 6.45) is 0. The van der Waals surface area contributed by atoms with Gasteiger partial charge >= 0.3 is 5.51 Å². The van der Waals surface area contributed by atoms with Crippen LogP contribution in [0.25, 0.3) is 0 Å². The molecule has 0 atom stereocenters. The molecule has 0 aliphatic carbocycles. The second-order valence-electron chi connectivity index (χ2n) is 5.95. The van der Waals surface area contributed by atoms with Crippen LogP contribution in [0.1, 0.15) is 13.8 Å². The van der Waals surface area contributed by atoms with Crippen molar-refractivity contribution in [2.24, 2.45) is 0 Å². The van der Waals surface area contributed by atoms with Gasteiger partial charge in [-0.2, -0.15) is 13.2 Å². The minimum absolute atomic E-state index is 0.0592. The summed E-state index contributed by atoms with van der Waals surface area (Å²) in [5, 5.41) is 13.9. The molecule has 0 aliphatic heterocycles. The van der Waals surface area contributed by atoms with Crippen molar-refractivity contribution in [3.8, 4) is 0 Å². The Morgan fingerprint density at radius 1 is 1.25 bits per heavy atom. The van der Waals surface area contributed by atoms with Gasteiger partial charge < -0.3 is 10.2 Å². The zero-order valence-electron chi connectivity index (χ0n) is 13.5. The van der Waals surface area contributed by atoms with Gasteiger partial charge in [0.1, 0.15) is 5.69 Å². The lowest BCUT2D eigenvalue weighted by molar-refractivity contribution is -0.384. The molecule has 7 nitrogen and oxygen atoms in total. The third kappa shape index (κ3) is 4.15. The molecule has 1 N–H and O–H groups in total. The molecular weight excluding hydrogens is 351 g/mol. The third-order valence-electron chi connectivity index (χ3n) is 3.70. The van der Waals surface area contributed by atoms with Gasteiger partial charge in [0.15, 0.2) is 0 Å². The number of benzene rings is 1. The highest BCUT2D eigenvalue weighted by Gasteiger charge is 2.47. The molecule has 1 aromatic carbocycles. The largest absolute Gasteiger partial charge is 0.501 e. The molecule has 0 bridgehead atoms. The molecule has 0 aliphatic rings. The normalized spacial score (nSPS) is 13.2. The summed E-state index contributed by atoms with van der Waals surface area (Å²) < 4.78 is 60.4. The number of nitrogens with zero attached hydrogens (tertiary/aromatic N) is 2. The highest BCUT2D eigenvalue weighted by molar-refractivity contribution is 7.92. The van der Waals surface area contributed by atoms with Gasteiger partial charge in [-0.05, 0) is 40.1 Å². The molecule has 0 fully saturated rings. The lowest BCUT2D eigenvalue weighted by atomic mass is 10.0. The van der Waals surface area contributed by atoms with E-state index in [9.17, 15) is 31.7 Å². The summed E-state index contributed by atoms with van der Waals surface area (Å²) in [6.45, 7) is 3.97. The van der Waals surface area contributed by atoms with E-state index in [1.807, 2.05) is 18.7 Å². The number of sulfone groups is 1. The SMILES string of the molecule is CN(C)C(C)(C)CNc1ccc(S(=O)(=O)C(F)(F)F)cc1[N+](=O)[O-]. The van der Waals surface area contributed by atoms with Crippen LogP contribution in [0.5, 0.6) is 0 Å². The zero-order valence-corrected chi connectivity index (χ0v) is 14.3. The van der Waals surface area contributed by atoms with Gasteiger partial charge in [0.2, 0.25) is 0 Å². The standard InChI is InChI=1S/C13H18F3N3O4S/c1-12(2,18(3)4)8-17-10-6-5-9(7-11(10)19(20)21)24(22,23)13(14,15)16/h5-7,17H,8H2,1-4H3. The van der Waals surface area contributed by atoms with Gasteiger partial charge in [0.05, 0.1) is 9.82 Å². The first-order valence-corrected chi connectivity index (χ1v) is 8.19. The van der Waals surface area contributed by atoms with Gasteiger partial charge in [0.25, 0.3) is 15.5 Å². The Morgan fingerprint density at radius 2 is 1.79 bits per heavy atom. The van der Waals surface area contributed by atoms with Crippen molar-refractivity contribution in [3.05, 3.63) is 28.3 Å². The predicted molar refractivity (Wildman–Crippen MR) is 82.6 cm³/mol. The molecule has 0 saturated heterocycles. The van der Waals surface area contributed by atoms with Crippen molar-refractivity contribution in [2.45, 2.75) is 29.8 Å². The number of nitro groups is 1. The van der Waals surface area contributed by atoms with E-state index in [2.05, 4.69) is 5.32 Å². The van der Waals surface area contributed by atoms with Crippen molar-refractivity contribution >= 4 is 21.2 Å². The lowest BCUT2D eigenvalue weighted by Crippen LogP contribution is -2.44. The maximum atomic E-state index is 12.6. The van der Waals surface area contributed by atoms with Crippen LogP contribution in [0.2, 0.25) is 0 Å². The fourth-order valence-electron chi connectivity index (χ4n) is 1.58. The second kappa shape index (κ2) is 6.55. The topological polar surface area (TPSA) is 92.6 Å². The summed E-state index contributed by atoms with van der Waals surface area (Å²) in [6, 6.07) is 2.07. The van der Waals surface area contributed by atoms with Crippen LogP contribution < -0.4 is 5.32 Å². The van der Waals surface area contributed by atoms with Gasteiger partial charge in [0, 0.05) is 18.2 Å². The number of alkyl halides is 3. The monoisotopic (exact) mass is 369 g/mol. The number of nitro benzene ring substituents is 1. The van der Waals surface area contributed by atoms with Crippen LogP contribution in [-0.4, -0.2) is 49.9 Å². The molecule has 0 radical (unpaired) electrons. The Morgan fingerprint density at radius 3 is 2.21 bits per heavy atom. The molecule has 0 saturated carbocycles. The molecule has 0 amide bonds. The van der Waals surface area contributed by atoms with Crippen molar-refractivity contribution in [3.63, 3.8) is 0 Å². The first-order chi connectivity index (χ1) is 10.7. The Bertz CT molecular complexity index is 730. The molecule has 0 heterocycles. The smallest absolute Gasteiger partial charge is 0.378 e. The van der Waals surface area contributed by atoms with E-state index in [-0.39, 0.29) is 12.2 Å². The van der Waals surface area contributed by atoms with Crippen LogP contribution in [0, 0.1) is 10.1 Å². The first kappa shape index (κ1) is 20.2. The van der Waals surface area contributed by atoms with Gasteiger partial charge in [-0.25, -0.2) is 8.42 Å². The van der Waals surface area contributed by atoms with E-state index >= 15 is 0 Å². The number of likely N-dealkylation sites (N-methyl/N-ethyl adjacent to an activating group) is 1. The van der Waals surface area contributed by atoms with Crippen LogP contribution in [0.15, 0.2) is 23.1 Å². The van der Waals surface area contributed by atoms with Crippen molar-refractivity contribution in [2.75, 3.05) is 26.0 Å². The maximum absolute atomic E-state index is 12.6. The van der Waals surface area contributed by atoms with Crippen molar-refractivity contribution < 1.29 is 26.5 Å². The van der Waals surface area contributed by atoms with E-state index in [0.717, 1.165) is 6.07 Å². The third-order valence-corrected chi connectivity index (χ3v) is 5.19. The van der Waals surface area contributed by atoms with E-state index in [1.54, 1.807) is 14.1 Å². The fraction of sp³-hybridized carbons (Fsp3) is 0.538. The molecule has 1 rings (SSSR count). The van der Waals surface area contributed by atoms with Crippen LogP contribution >= 0.6 is 0 Å². The number of hydrogen-bond donors (Lipinski definition) is 1. The zero-order chi connectivity index (χ0) is 18.9. The van der Waals surface area contributed by atoms with Crippen molar-refractivity contribution in [1.82, 2.24) is 4.90 Å². The minimum atomic E-state index is -5.65. The summed E-state index contributed by atoms with van der Waals surface area (Å²) in [4.78, 5) is 10.8. The number of nitrogens with one attached hydrogen (secondary N) is 1. The maximum Gasteiger partial charge on any atom is 0.501 e. The van der Waals surface area contributed by atoms with Crippen LogP contribution in [0.4, 0.5) is 24.5 Å². The second-order valence-corrected chi connectivity index (χ2v) is 7.89. The molecule has 0 spiro atoms. The molecule has 24 heavy (non-hydrogen) atoms. The molecule has 1 aromatic rings. The summed E-state index contributed by atoms with van der Waals surface area (Å²) in [5.74, 6) is 0. The van der Waals surface area contributed by atoms with Crippen molar-refractivity contribution in [1.29, 1.82) is 0 Å². The Labute approximate surface area is 137 Å². The summed E-state index contributed by atoms with van der Waals surface area (Å²) in [5.41, 5.74) is -6.72. The highest BCUT2D eigenvalue weighted by Crippen LogP contribution is 2.34. The lowest BCUT2D eigenvalue weighted by Gasteiger charge is -2.32. The summed E-state index contributed by atoms with van der Waals surface area (Å²) >= 11 is 0. The first-order valence-electron chi connectivity index (χ1n) is 6.71. The molecule has 136 valence electrons. The average molecular weight is 369 g/mol. The fourth-order valence-corrected chi connectivity index (χ4v) is 2.36. The molecule has 11 heteroatoms. The van der Waals surface area contributed by atoms with E-state index in [4.69, 9.17) is 0 Å².